The molecule has 3 heteroatoms. The van der Waals surface area contributed by atoms with E-state index in [4.69, 9.17) is 0 Å². The summed E-state index contributed by atoms with van der Waals surface area (Å²) in [5.41, 5.74) is 4.51. The topological polar surface area (TPSA) is 45.8 Å². The largest absolute Gasteiger partial charge is 0.325 e. The summed E-state index contributed by atoms with van der Waals surface area (Å²) in [6.45, 7) is 2.05. The Kier molecular flexibility index (Phi) is 3.65. The molecule has 2 aromatic carbocycles. The second-order valence-corrected chi connectivity index (χ2v) is 5.03. The van der Waals surface area contributed by atoms with Gasteiger partial charge in [-0.05, 0) is 18.1 Å². The van der Waals surface area contributed by atoms with E-state index in [9.17, 15) is 4.79 Å². The molecule has 0 bridgehead atoms. The molecular weight excluding hydrogens is 260 g/mol. The highest BCUT2D eigenvalue weighted by Crippen LogP contribution is 2.16. The Hall–Kier alpha value is -2.68. The quantitative estimate of drug-likeness (QED) is 0.797. The maximum absolute atomic E-state index is 12.0. The number of aryl methyl sites for hydroxylation is 1. The van der Waals surface area contributed by atoms with E-state index in [0.717, 1.165) is 16.8 Å². The number of benzene rings is 2. The Balaban J connectivity index is 2.00. The van der Waals surface area contributed by atoms with Crippen molar-refractivity contribution in [3.8, 4) is 11.3 Å². The number of hydrogen-bond acceptors (Lipinski definition) is 2. The molecule has 104 valence electrons. The molecule has 0 amide bonds. The first-order chi connectivity index (χ1) is 10.2. The van der Waals surface area contributed by atoms with Crippen LogP contribution < -0.4 is 5.56 Å². The minimum atomic E-state index is -0.127. The highest BCUT2D eigenvalue weighted by Gasteiger charge is 2.08. The lowest BCUT2D eigenvalue weighted by atomic mass is 10.0. The molecule has 3 aromatic rings. The van der Waals surface area contributed by atoms with E-state index in [1.807, 2.05) is 61.5 Å². The van der Waals surface area contributed by atoms with Gasteiger partial charge in [0.25, 0.3) is 5.56 Å². The molecule has 21 heavy (non-hydrogen) atoms. The number of nitrogens with one attached hydrogen (secondary N) is 1. The van der Waals surface area contributed by atoms with Crippen LogP contribution in [0, 0.1) is 6.92 Å². The molecule has 0 unspecified atom stereocenters. The van der Waals surface area contributed by atoms with Crippen molar-refractivity contribution in [1.82, 2.24) is 9.97 Å². The summed E-state index contributed by atoms with van der Waals surface area (Å²) < 4.78 is 0. The van der Waals surface area contributed by atoms with Crippen molar-refractivity contribution >= 4 is 0 Å². The number of aromatic nitrogens is 2. The Morgan fingerprint density at radius 3 is 2.48 bits per heavy atom. The summed E-state index contributed by atoms with van der Waals surface area (Å²) in [7, 11) is 0. The Morgan fingerprint density at radius 1 is 1.00 bits per heavy atom. The summed E-state index contributed by atoms with van der Waals surface area (Å²) >= 11 is 0. The molecule has 0 fully saturated rings. The second-order valence-electron chi connectivity index (χ2n) is 5.03. The van der Waals surface area contributed by atoms with E-state index >= 15 is 0 Å². The molecule has 0 radical (unpaired) electrons. The third kappa shape index (κ3) is 2.92. The summed E-state index contributed by atoms with van der Waals surface area (Å²) in [6.07, 6.45) is 2.21. The van der Waals surface area contributed by atoms with Crippen LogP contribution in [-0.2, 0) is 6.42 Å². The van der Waals surface area contributed by atoms with Gasteiger partial charge < -0.3 is 4.98 Å². The van der Waals surface area contributed by atoms with Crippen LogP contribution in [0.15, 0.2) is 65.6 Å². The first-order valence-corrected chi connectivity index (χ1v) is 6.92. The first-order valence-electron chi connectivity index (χ1n) is 6.92. The predicted octanol–water partition coefficient (Wildman–Crippen LogP) is 3.34. The van der Waals surface area contributed by atoms with Crippen LogP contribution in [-0.4, -0.2) is 9.97 Å². The summed E-state index contributed by atoms with van der Waals surface area (Å²) in [5, 5.41) is 0. The molecule has 0 aliphatic carbocycles. The predicted molar refractivity (Wildman–Crippen MR) is 84.3 cm³/mol. The molecule has 0 saturated carbocycles. The zero-order chi connectivity index (χ0) is 14.7. The molecule has 0 spiro atoms. The smallest absolute Gasteiger partial charge is 0.270 e. The average molecular weight is 276 g/mol. The second kappa shape index (κ2) is 5.75. The van der Waals surface area contributed by atoms with Gasteiger partial charge in [-0.1, -0.05) is 54.6 Å². The highest BCUT2D eigenvalue weighted by molar-refractivity contribution is 5.57. The Labute approximate surface area is 123 Å². The minimum Gasteiger partial charge on any atom is -0.325 e. The van der Waals surface area contributed by atoms with E-state index in [-0.39, 0.29) is 5.56 Å². The van der Waals surface area contributed by atoms with Crippen LogP contribution in [0.3, 0.4) is 0 Å². The number of hydrogen-bond donors (Lipinski definition) is 1. The molecule has 1 heterocycles. The van der Waals surface area contributed by atoms with E-state index in [0.29, 0.717) is 12.1 Å². The van der Waals surface area contributed by atoms with Crippen molar-refractivity contribution in [3.05, 3.63) is 88.0 Å². The molecule has 0 aliphatic heterocycles. The molecule has 1 N–H and O–H groups in total. The fraction of sp³-hybridized carbons (Fsp3) is 0.111. The van der Waals surface area contributed by atoms with Gasteiger partial charge in [-0.2, -0.15) is 0 Å². The van der Waals surface area contributed by atoms with E-state index in [2.05, 4.69) is 9.97 Å². The Morgan fingerprint density at radius 2 is 1.71 bits per heavy atom. The lowest BCUT2D eigenvalue weighted by Crippen LogP contribution is -2.15. The van der Waals surface area contributed by atoms with Gasteiger partial charge >= 0.3 is 0 Å². The molecule has 1 aromatic heterocycles. The lowest BCUT2D eigenvalue weighted by molar-refractivity contribution is 0.987. The van der Waals surface area contributed by atoms with Crippen LogP contribution >= 0.6 is 0 Å². The fourth-order valence-electron chi connectivity index (χ4n) is 2.31. The third-order valence-corrected chi connectivity index (χ3v) is 3.55. The summed E-state index contributed by atoms with van der Waals surface area (Å²) in [6, 6.07) is 17.9. The molecular formula is C18H16N2O. The van der Waals surface area contributed by atoms with Crippen LogP contribution in [0.1, 0.15) is 16.8 Å². The fourth-order valence-corrected chi connectivity index (χ4v) is 2.31. The monoisotopic (exact) mass is 276 g/mol. The minimum absolute atomic E-state index is 0.127. The van der Waals surface area contributed by atoms with Crippen LogP contribution in [0.4, 0.5) is 0 Å². The lowest BCUT2D eigenvalue weighted by Gasteiger charge is -2.06. The molecule has 0 atom stereocenters. The number of nitrogens with zero attached hydrogens (tertiary/aromatic N) is 1. The number of H-pyrrole nitrogens is 1. The van der Waals surface area contributed by atoms with Gasteiger partial charge in [-0.3, -0.25) is 4.79 Å². The zero-order valence-corrected chi connectivity index (χ0v) is 11.8. The van der Waals surface area contributed by atoms with E-state index in [1.165, 1.54) is 5.56 Å². The van der Waals surface area contributed by atoms with Crippen LogP contribution in [0.5, 0.6) is 0 Å². The molecule has 3 rings (SSSR count). The number of aromatic amines is 1. The van der Waals surface area contributed by atoms with Gasteiger partial charge in [0.2, 0.25) is 0 Å². The standard InChI is InChI=1S/C18H16N2O/c1-13-7-5-6-10-15(13)11-16-18(21)19-12-17(20-16)14-8-3-2-4-9-14/h2-10,12H,11H2,1H3,(H,19,21). The maximum Gasteiger partial charge on any atom is 0.270 e. The Bertz CT molecular complexity index is 807. The van der Waals surface area contributed by atoms with Crippen molar-refractivity contribution in [3.63, 3.8) is 0 Å². The van der Waals surface area contributed by atoms with Crippen molar-refractivity contribution < 1.29 is 0 Å². The van der Waals surface area contributed by atoms with E-state index < -0.39 is 0 Å². The van der Waals surface area contributed by atoms with Gasteiger partial charge in [-0.15, -0.1) is 0 Å². The highest BCUT2D eigenvalue weighted by atomic mass is 16.1. The summed E-state index contributed by atoms with van der Waals surface area (Å²) in [5.74, 6) is 0. The van der Waals surface area contributed by atoms with Gasteiger partial charge in [-0.25, -0.2) is 4.98 Å². The van der Waals surface area contributed by atoms with Crippen molar-refractivity contribution in [2.75, 3.05) is 0 Å². The normalized spacial score (nSPS) is 10.5. The molecule has 3 nitrogen and oxygen atoms in total. The van der Waals surface area contributed by atoms with Gasteiger partial charge in [0.15, 0.2) is 0 Å². The van der Waals surface area contributed by atoms with Gasteiger partial charge in [0, 0.05) is 18.2 Å². The SMILES string of the molecule is Cc1ccccc1Cc1nc(-c2ccccc2)c[nH]c1=O. The van der Waals surface area contributed by atoms with E-state index in [1.54, 1.807) is 6.20 Å². The van der Waals surface area contributed by atoms with Crippen LogP contribution in [0.25, 0.3) is 11.3 Å². The van der Waals surface area contributed by atoms with Gasteiger partial charge in [0.1, 0.15) is 5.69 Å². The number of rotatable bonds is 3. The third-order valence-electron chi connectivity index (χ3n) is 3.55. The first kappa shape index (κ1) is 13.3. The zero-order valence-electron chi connectivity index (χ0n) is 11.8. The average Bonchev–Trinajstić information content (AvgIpc) is 2.52. The van der Waals surface area contributed by atoms with Crippen molar-refractivity contribution in [2.24, 2.45) is 0 Å². The molecule has 0 saturated heterocycles. The summed E-state index contributed by atoms with van der Waals surface area (Å²) in [4.78, 5) is 19.3. The van der Waals surface area contributed by atoms with Gasteiger partial charge in [0.05, 0.1) is 5.69 Å². The van der Waals surface area contributed by atoms with Crippen LogP contribution in [0.2, 0.25) is 0 Å². The maximum atomic E-state index is 12.0. The van der Waals surface area contributed by atoms with Crippen molar-refractivity contribution in [2.45, 2.75) is 13.3 Å². The van der Waals surface area contributed by atoms with Crippen molar-refractivity contribution in [1.29, 1.82) is 0 Å². The molecule has 0 aliphatic rings.